The Hall–Kier alpha value is -1.19. The van der Waals surface area contributed by atoms with Gasteiger partial charge >= 0.3 is 0 Å². The molecule has 0 aliphatic heterocycles. The number of rotatable bonds is 4. The van der Waals surface area contributed by atoms with E-state index < -0.39 is 12.1 Å². The normalized spacial score (nSPS) is 14.8. The molecule has 0 aliphatic rings. The van der Waals surface area contributed by atoms with Gasteiger partial charge in [-0.2, -0.15) is 0 Å². The Balaban J connectivity index is 2.57. The summed E-state index contributed by atoms with van der Waals surface area (Å²) in [4.78, 5) is 10.8. The van der Waals surface area contributed by atoms with Gasteiger partial charge in [-0.1, -0.05) is 30.3 Å². The largest absolute Gasteiger partial charge is 0.384 e. The molecule has 0 unspecified atom stereocenters. The average molecular weight is 193 g/mol. The van der Waals surface area contributed by atoms with Crippen LogP contribution >= 0.6 is 0 Å². The molecule has 0 aromatic heterocycles. The topological polar surface area (TPSA) is 63.3 Å². The highest BCUT2D eigenvalue weighted by molar-refractivity contribution is 5.80. The van der Waals surface area contributed by atoms with Crippen molar-refractivity contribution in [2.24, 2.45) is 5.73 Å². The van der Waals surface area contributed by atoms with Crippen LogP contribution in [0.3, 0.4) is 0 Å². The summed E-state index contributed by atoms with van der Waals surface area (Å²) < 4.78 is 0. The second kappa shape index (κ2) is 4.88. The average Bonchev–Trinajstić information content (AvgIpc) is 2.18. The van der Waals surface area contributed by atoms with E-state index >= 15 is 0 Å². The quantitative estimate of drug-likeness (QED) is 0.732. The summed E-state index contributed by atoms with van der Waals surface area (Å²) in [5.41, 5.74) is 6.71. The Morgan fingerprint density at radius 1 is 1.43 bits per heavy atom. The number of benzene rings is 1. The smallest absolute Gasteiger partial charge is 0.159 e. The van der Waals surface area contributed by atoms with Crippen molar-refractivity contribution in [2.75, 3.05) is 0 Å². The fraction of sp³-hybridized carbons (Fsp3) is 0.364. The minimum absolute atomic E-state index is 0.284. The standard InChI is InChI=1S/C11H15NO2/c1-8(13)11(14)10(12)7-9-5-3-2-4-6-9/h2-6,10-11,14H,7,12H2,1H3/t10-,11-/m0/s1. The summed E-state index contributed by atoms with van der Waals surface area (Å²) in [5.74, 6) is -0.284. The fourth-order valence-corrected chi connectivity index (χ4v) is 1.30. The molecule has 0 aliphatic carbocycles. The van der Waals surface area contributed by atoms with Crippen molar-refractivity contribution in [3.05, 3.63) is 35.9 Å². The first-order valence-electron chi connectivity index (χ1n) is 4.59. The second-order valence-corrected chi connectivity index (χ2v) is 3.41. The van der Waals surface area contributed by atoms with Gasteiger partial charge in [-0.3, -0.25) is 4.79 Å². The van der Waals surface area contributed by atoms with Gasteiger partial charge in [-0.15, -0.1) is 0 Å². The summed E-state index contributed by atoms with van der Waals surface area (Å²) in [6.45, 7) is 1.34. The number of carbonyl (C=O) groups is 1. The van der Waals surface area contributed by atoms with Crippen molar-refractivity contribution in [1.29, 1.82) is 0 Å². The molecule has 3 nitrogen and oxygen atoms in total. The molecule has 2 atom stereocenters. The lowest BCUT2D eigenvalue weighted by Crippen LogP contribution is -2.40. The molecule has 0 amide bonds. The van der Waals surface area contributed by atoms with Gasteiger partial charge < -0.3 is 10.8 Å². The maximum atomic E-state index is 10.8. The van der Waals surface area contributed by atoms with Gasteiger partial charge in [0.1, 0.15) is 6.10 Å². The van der Waals surface area contributed by atoms with Crippen molar-refractivity contribution in [2.45, 2.75) is 25.5 Å². The van der Waals surface area contributed by atoms with Crippen LogP contribution in [0, 0.1) is 0 Å². The van der Waals surface area contributed by atoms with Crippen molar-refractivity contribution >= 4 is 5.78 Å². The number of nitrogens with two attached hydrogens (primary N) is 1. The number of aliphatic hydroxyl groups excluding tert-OH is 1. The van der Waals surface area contributed by atoms with E-state index in [9.17, 15) is 9.90 Å². The minimum atomic E-state index is -1.06. The minimum Gasteiger partial charge on any atom is -0.384 e. The van der Waals surface area contributed by atoms with Crippen LogP contribution in [0.5, 0.6) is 0 Å². The molecule has 0 radical (unpaired) electrons. The molecular formula is C11H15NO2. The fourth-order valence-electron chi connectivity index (χ4n) is 1.30. The van der Waals surface area contributed by atoms with E-state index in [1.165, 1.54) is 6.92 Å². The van der Waals surface area contributed by atoms with Gasteiger partial charge in [0, 0.05) is 6.04 Å². The zero-order chi connectivity index (χ0) is 10.6. The van der Waals surface area contributed by atoms with Crippen LogP contribution in [-0.2, 0) is 11.2 Å². The SMILES string of the molecule is CC(=O)[C@H](O)[C@@H](N)Cc1ccccc1. The maximum Gasteiger partial charge on any atom is 0.159 e. The van der Waals surface area contributed by atoms with Crippen LogP contribution < -0.4 is 5.73 Å². The van der Waals surface area contributed by atoms with Crippen LogP contribution in [0.1, 0.15) is 12.5 Å². The molecule has 3 N–H and O–H groups in total. The Morgan fingerprint density at radius 3 is 2.50 bits per heavy atom. The number of ketones is 1. The van der Waals surface area contributed by atoms with Crippen LogP contribution in [0.25, 0.3) is 0 Å². The third kappa shape index (κ3) is 2.94. The summed E-state index contributed by atoms with van der Waals surface area (Å²) in [6, 6.07) is 9.05. The first-order chi connectivity index (χ1) is 6.61. The van der Waals surface area contributed by atoms with Crippen LogP contribution in [0.15, 0.2) is 30.3 Å². The van der Waals surface area contributed by atoms with Crippen molar-refractivity contribution in [1.82, 2.24) is 0 Å². The Morgan fingerprint density at radius 2 is 2.00 bits per heavy atom. The van der Waals surface area contributed by atoms with E-state index in [4.69, 9.17) is 5.73 Å². The van der Waals surface area contributed by atoms with Crippen LogP contribution in [-0.4, -0.2) is 23.0 Å². The van der Waals surface area contributed by atoms with E-state index in [0.717, 1.165) is 5.56 Å². The molecule has 0 fully saturated rings. The lowest BCUT2D eigenvalue weighted by Gasteiger charge is -2.15. The van der Waals surface area contributed by atoms with Crippen LogP contribution in [0.4, 0.5) is 0 Å². The molecule has 1 rings (SSSR count). The molecule has 76 valence electrons. The Kier molecular flexibility index (Phi) is 3.80. The van der Waals surface area contributed by atoms with Crippen LogP contribution in [0.2, 0.25) is 0 Å². The summed E-state index contributed by atoms with van der Waals surface area (Å²) in [7, 11) is 0. The number of hydrogen-bond acceptors (Lipinski definition) is 3. The first kappa shape index (κ1) is 10.9. The third-order valence-corrected chi connectivity index (χ3v) is 2.14. The van der Waals surface area contributed by atoms with Gasteiger partial charge in [-0.05, 0) is 18.9 Å². The van der Waals surface area contributed by atoms with Gasteiger partial charge in [-0.25, -0.2) is 0 Å². The molecule has 3 heteroatoms. The Bertz CT molecular complexity index is 297. The third-order valence-electron chi connectivity index (χ3n) is 2.14. The molecule has 0 saturated heterocycles. The summed E-state index contributed by atoms with van der Waals surface area (Å²) >= 11 is 0. The molecule has 0 heterocycles. The molecule has 1 aromatic rings. The van der Waals surface area contributed by atoms with Gasteiger partial charge in [0.05, 0.1) is 0 Å². The lowest BCUT2D eigenvalue weighted by atomic mass is 10.0. The molecule has 0 spiro atoms. The molecule has 0 saturated carbocycles. The predicted molar refractivity (Wildman–Crippen MR) is 54.8 cm³/mol. The zero-order valence-corrected chi connectivity index (χ0v) is 8.18. The highest BCUT2D eigenvalue weighted by Gasteiger charge is 2.18. The number of carbonyl (C=O) groups excluding carboxylic acids is 1. The van der Waals surface area contributed by atoms with Gasteiger partial charge in [0.25, 0.3) is 0 Å². The number of aliphatic hydroxyl groups is 1. The number of Topliss-reactive ketones (excluding diaryl/α,β-unsaturated/α-hetero) is 1. The second-order valence-electron chi connectivity index (χ2n) is 3.41. The van der Waals surface area contributed by atoms with Crippen molar-refractivity contribution in [3.63, 3.8) is 0 Å². The molecule has 0 bridgehead atoms. The highest BCUT2D eigenvalue weighted by atomic mass is 16.3. The van der Waals surface area contributed by atoms with E-state index in [1.807, 2.05) is 30.3 Å². The van der Waals surface area contributed by atoms with Crippen molar-refractivity contribution in [3.8, 4) is 0 Å². The molecule has 14 heavy (non-hydrogen) atoms. The molecular weight excluding hydrogens is 178 g/mol. The summed E-state index contributed by atoms with van der Waals surface area (Å²) in [5, 5.41) is 9.38. The predicted octanol–water partition coefficient (Wildman–Crippen LogP) is 0.506. The molecule has 1 aromatic carbocycles. The van der Waals surface area contributed by atoms with Gasteiger partial charge in [0.2, 0.25) is 0 Å². The Labute approximate surface area is 83.6 Å². The maximum absolute atomic E-state index is 10.8. The van der Waals surface area contributed by atoms with E-state index in [1.54, 1.807) is 0 Å². The lowest BCUT2D eigenvalue weighted by molar-refractivity contribution is -0.125. The number of hydrogen-bond donors (Lipinski definition) is 2. The van der Waals surface area contributed by atoms with E-state index in [-0.39, 0.29) is 5.78 Å². The van der Waals surface area contributed by atoms with Gasteiger partial charge in [0.15, 0.2) is 5.78 Å². The first-order valence-corrected chi connectivity index (χ1v) is 4.59. The highest BCUT2D eigenvalue weighted by Crippen LogP contribution is 2.04. The van der Waals surface area contributed by atoms with E-state index in [0.29, 0.717) is 6.42 Å². The summed E-state index contributed by atoms with van der Waals surface area (Å²) in [6.07, 6.45) is -0.545. The van der Waals surface area contributed by atoms with E-state index in [2.05, 4.69) is 0 Å². The monoisotopic (exact) mass is 193 g/mol. The van der Waals surface area contributed by atoms with Crippen molar-refractivity contribution < 1.29 is 9.90 Å². The zero-order valence-electron chi connectivity index (χ0n) is 8.18.